The summed E-state index contributed by atoms with van der Waals surface area (Å²) in [6, 6.07) is 5.44. The number of aliphatic hydroxyl groups is 1. The first-order chi connectivity index (χ1) is 19.6. The van der Waals surface area contributed by atoms with Crippen LogP contribution in [0, 0.1) is 5.41 Å². The summed E-state index contributed by atoms with van der Waals surface area (Å²) in [4.78, 5) is 42.7. The molecule has 0 radical (unpaired) electrons. The van der Waals surface area contributed by atoms with Gasteiger partial charge in [-0.15, -0.1) is 0 Å². The van der Waals surface area contributed by atoms with Crippen molar-refractivity contribution in [1.29, 1.82) is 0 Å². The molecule has 1 atom stereocenters. The number of aromatic nitrogens is 2. The molecule has 0 saturated heterocycles. The first-order valence-corrected chi connectivity index (χ1v) is 13.5. The fraction of sp³-hybridized carbons (Fsp3) is 0.448. The van der Waals surface area contributed by atoms with Crippen molar-refractivity contribution in [2.75, 3.05) is 26.7 Å². The van der Waals surface area contributed by atoms with Crippen LogP contribution in [0.5, 0.6) is 11.5 Å². The molecule has 3 aromatic rings. The van der Waals surface area contributed by atoms with Crippen LogP contribution < -0.4 is 26.1 Å². The Balaban J connectivity index is 1.47. The lowest BCUT2D eigenvalue weighted by atomic mass is 9.83. The summed E-state index contributed by atoms with van der Waals surface area (Å²) < 4.78 is 23.9. The quantitative estimate of drug-likeness (QED) is 0.162. The SMILES string of the molecule is CC[C@@]1(O)C(=O)OCc2c1cc1n(c2=O)Cc2c-1nc1cc3c(cc1c2CC(C)(C)COCNC(=O)CN)OCO3. The molecule has 0 spiro atoms. The van der Waals surface area contributed by atoms with Gasteiger partial charge in [-0.25, -0.2) is 9.78 Å². The van der Waals surface area contributed by atoms with Crippen LogP contribution in [0.2, 0.25) is 0 Å². The van der Waals surface area contributed by atoms with Gasteiger partial charge in [-0.2, -0.15) is 0 Å². The number of nitrogens with one attached hydrogen (secondary N) is 1. The van der Waals surface area contributed by atoms with Crippen molar-refractivity contribution in [2.24, 2.45) is 11.1 Å². The predicted molar refractivity (Wildman–Crippen MR) is 146 cm³/mol. The van der Waals surface area contributed by atoms with Gasteiger partial charge >= 0.3 is 5.97 Å². The number of carbonyl (C=O) groups excluding carboxylic acids is 2. The summed E-state index contributed by atoms with van der Waals surface area (Å²) in [5, 5.41) is 14.7. The molecule has 5 heterocycles. The minimum Gasteiger partial charge on any atom is -0.458 e. The number of pyridine rings is 2. The molecular weight excluding hydrogens is 532 g/mol. The van der Waals surface area contributed by atoms with Crippen molar-refractivity contribution >= 4 is 22.8 Å². The second-order valence-corrected chi connectivity index (χ2v) is 11.4. The number of benzene rings is 1. The molecule has 0 bridgehead atoms. The van der Waals surface area contributed by atoms with Crippen molar-refractivity contribution in [3.8, 4) is 22.9 Å². The van der Waals surface area contributed by atoms with E-state index in [1.165, 1.54) is 0 Å². The lowest BCUT2D eigenvalue weighted by molar-refractivity contribution is -0.172. The predicted octanol–water partition coefficient (Wildman–Crippen LogP) is 1.43. The molecule has 1 aromatic carbocycles. The second-order valence-electron chi connectivity index (χ2n) is 11.4. The van der Waals surface area contributed by atoms with Crippen molar-refractivity contribution in [1.82, 2.24) is 14.9 Å². The van der Waals surface area contributed by atoms with Crippen LogP contribution in [0.1, 0.15) is 49.4 Å². The standard InChI is InChI=1S/C29H32N4O8/c1-4-29(37)19-6-21-25-17(10-33(21)26(35)18(19)11-39-27(29)36)16(8-28(2,3)12-38-13-31-24(34)9-30)15-5-22-23(41-14-40-22)7-20(15)32-25/h5-7,37H,4,8-14,30H2,1-3H3,(H,31,34)/t29-/m0/s1. The zero-order chi connectivity index (χ0) is 29.1. The van der Waals surface area contributed by atoms with Crippen molar-refractivity contribution in [2.45, 2.75) is 52.4 Å². The number of esters is 1. The van der Waals surface area contributed by atoms with Crippen LogP contribution in [0.3, 0.4) is 0 Å². The fourth-order valence-electron chi connectivity index (χ4n) is 5.81. The molecule has 0 saturated carbocycles. The number of hydrogen-bond acceptors (Lipinski definition) is 10. The van der Waals surface area contributed by atoms with E-state index in [4.69, 9.17) is 29.7 Å². The topological polar surface area (TPSA) is 164 Å². The van der Waals surface area contributed by atoms with E-state index in [0.29, 0.717) is 41.4 Å². The highest BCUT2D eigenvalue weighted by Gasteiger charge is 2.45. The van der Waals surface area contributed by atoms with E-state index in [-0.39, 0.29) is 67.6 Å². The molecular formula is C29H32N4O8. The Bertz CT molecular complexity index is 1660. The van der Waals surface area contributed by atoms with E-state index in [1.807, 2.05) is 12.1 Å². The Morgan fingerprint density at radius 1 is 1.20 bits per heavy atom. The molecule has 12 nitrogen and oxygen atoms in total. The van der Waals surface area contributed by atoms with Gasteiger partial charge in [-0.05, 0) is 36.0 Å². The van der Waals surface area contributed by atoms with E-state index in [2.05, 4.69) is 19.2 Å². The summed E-state index contributed by atoms with van der Waals surface area (Å²) >= 11 is 0. The maximum atomic E-state index is 13.7. The molecule has 0 fully saturated rings. The molecule has 6 rings (SSSR count). The molecule has 0 aliphatic carbocycles. The Morgan fingerprint density at radius 2 is 1.95 bits per heavy atom. The van der Waals surface area contributed by atoms with Gasteiger partial charge in [0.25, 0.3) is 5.56 Å². The largest absolute Gasteiger partial charge is 0.458 e. The molecule has 12 heteroatoms. The highest BCUT2D eigenvalue weighted by Crippen LogP contribution is 2.44. The molecule has 3 aliphatic rings. The zero-order valence-corrected chi connectivity index (χ0v) is 23.2. The number of ether oxygens (including phenoxy) is 4. The van der Waals surface area contributed by atoms with Crippen LogP contribution in [0.15, 0.2) is 23.0 Å². The van der Waals surface area contributed by atoms with Crippen molar-refractivity contribution < 1.29 is 33.6 Å². The highest BCUT2D eigenvalue weighted by molar-refractivity contribution is 5.91. The number of hydrogen-bond donors (Lipinski definition) is 3. The van der Waals surface area contributed by atoms with E-state index in [1.54, 1.807) is 17.6 Å². The molecule has 2 aromatic heterocycles. The van der Waals surface area contributed by atoms with E-state index >= 15 is 0 Å². The van der Waals surface area contributed by atoms with Gasteiger partial charge in [0.05, 0.1) is 42.2 Å². The Morgan fingerprint density at radius 3 is 2.68 bits per heavy atom. The van der Waals surface area contributed by atoms with Gasteiger partial charge in [0.2, 0.25) is 12.7 Å². The molecule has 4 N–H and O–H groups in total. The van der Waals surface area contributed by atoms with Gasteiger partial charge in [-0.3, -0.25) is 9.59 Å². The molecule has 3 aliphatic heterocycles. The highest BCUT2D eigenvalue weighted by atomic mass is 16.7. The van der Waals surface area contributed by atoms with E-state index in [0.717, 1.165) is 16.5 Å². The van der Waals surface area contributed by atoms with Crippen LogP contribution >= 0.6 is 0 Å². The van der Waals surface area contributed by atoms with E-state index < -0.39 is 11.6 Å². The molecule has 41 heavy (non-hydrogen) atoms. The summed E-state index contributed by atoms with van der Waals surface area (Å²) in [5.41, 5.74) is 6.92. The third kappa shape index (κ3) is 4.42. The average molecular weight is 565 g/mol. The lowest BCUT2D eigenvalue weighted by Gasteiger charge is -2.31. The summed E-state index contributed by atoms with van der Waals surface area (Å²) in [6.07, 6.45) is 0.621. The van der Waals surface area contributed by atoms with Gasteiger partial charge in [0, 0.05) is 22.6 Å². The monoisotopic (exact) mass is 564 g/mol. The minimum absolute atomic E-state index is 0.0425. The average Bonchev–Trinajstić information content (AvgIpc) is 3.56. The van der Waals surface area contributed by atoms with Crippen LogP contribution in [-0.4, -0.2) is 53.2 Å². The first-order valence-electron chi connectivity index (χ1n) is 13.5. The minimum atomic E-state index is -1.91. The smallest absolute Gasteiger partial charge is 0.343 e. The number of nitrogens with two attached hydrogens (primary N) is 1. The molecule has 216 valence electrons. The summed E-state index contributed by atoms with van der Waals surface area (Å²) in [7, 11) is 0. The number of fused-ring (bicyclic) bond motifs is 6. The normalized spacial score (nSPS) is 18.6. The van der Waals surface area contributed by atoms with Gasteiger partial charge < -0.3 is 39.7 Å². The third-order valence-corrected chi connectivity index (χ3v) is 8.00. The number of nitrogens with zero attached hydrogens (tertiary/aromatic N) is 2. The summed E-state index contributed by atoms with van der Waals surface area (Å²) in [6.45, 7) is 6.24. The number of amides is 1. The molecule has 1 amide bonds. The zero-order valence-electron chi connectivity index (χ0n) is 23.2. The van der Waals surface area contributed by atoms with Gasteiger partial charge in [0.1, 0.15) is 13.3 Å². The fourth-order valence-corrected chi connectivity index (χ4v) is 5.81. The van der Waals surface area contributed by atoms with Crippen molar-refractivity contribution in [3.63, 3.8) is 0 Å². The number of rotatable bonds is 8. The second kappa shape index (κ2) is 9.82. The first kappa shape index (κ1) is 27.2. The van der Waals surface area contributed by atoms with Crippen LogP contribution in [-0.2, 0) is 44.2 Å². The number of carbonyl (C=O) groups is 2. The summed E-state index contributed by atoms with van der Waals surface area (Å²) in [5.74, 6) is 0.132. The third-order valence-electron chi connectivity index (χ3n) is 8.00. The Kier molecular flexibility index (Phi) is 6.51. The Labute approximate surface area is 235 Å². The van der Waals surface area contributed by atoms with Gasteiger partial charge in [-0.1, -0.05) is 20.8 Å². The maximum Gasteiger partial charge on any atom is 0.343 e. The number of cyclic esters (lactones) is 1. The van der Waals surface area contributed by atoms with Crippen LogP contribution in [0.25, 0.3) is 22.3 Å². The van der Waals surface area contributed by atoms with Crippen molar-refractivity contribution in [3.05, 3.63) is 50.8 Å². The van der Waals surface area contributed by atoms with E-state index in [9.17, 15) is 19.5 Å². The van der Waals surface area contributed by atoms with Crippen LogP contribution in [0.4, 0.5) is 0 Å². The maximum absolute atomic E-state index is 13.7. The lowest BCUT2D eigenvalue weighted by Crippen LogP contribution is -2.44. The molecule has 0 unspecified atom stereocenters. The Hall–Kier alpha value is -4.00. The van der Waals surface area contributed by atoms with Gasteiger partial charge in [0.15, 0.2) is 17.1 Å².